The molecule has 2 aromatic carbocycles. The van der Waals surface area contributed by atoms with Crippen LogP contribution in [-0.4, -0.2) is 27.3 Å². The number of nitrogens with zero attached hydrogens (tertiary/aromatic N) is 4. The number of carbonyl (C=O) groups excluding carboxylic acids is 1. The van der Waals surface area contributed by atoms with Gasteiger partial charge in [-0.05, 0) is 30.7 Å². The van der Waals surface area contributed by atoms with Crippen molar-refractivity contribution in [3.63, 3.8) is 0 Å². The number of aromatic nitrogens is 3. The number of hydrogen-bond donors (Lipinski definition) is 1. The summed E-state index contributed by atoms with van der Waals surface area (Å²) in [6.45, 7) is 1.93. The minimum atomic E-state index is -4.56. The summed E-state index contributed by atoms with van der Waals surface area (Å²) in [7, 11) is 1.65. The van der Waals surface area contributed by atoms with Gasteiger partial charge >= 0.3 is 6.18 Å². The summed E-state index contributed by atoms with van der Waals surface area (Å²) in [6.07, 6.45) is -3.25. The van der Waals surface area contributed by atoms with Gasteiger partial charge in [0.15, 0.2) is 5.82 Å². The molecule has 0 saturated carbocycles. The number of amides is 1. The van der Waals surface area contributed by atoms with Gasteiger partial charge in [-0.1, -0.05) is 6.07 Å². The maximum atomic E-state index is 15.4. The van der Waals surface area contributed by atoms with Gasteiger partial charge in [0.1, 0.15) is 30.0 Å². The zero-order valence-electron chi connectivity index (χ0n) is 20.2. The Bertz CT molecular complexity index is 1620. The van der Waals surface area contributed by atoms with Gasteiger partial charge < -0.3 is 15.2 Å². The van der Waals surface area contributed by atoms with E-state index in [1.807, 2.05) is 6.92 Å². The molecule has 12 heteroatoms. The van der Waals surface area contributed by atoms with Crippen molar-refractivity contribution in [2.75, 3.05) is 17.2 Å². The fraction of sp³-hybridized carbons (Fsp3) is 0.269. The molecule has 4 aromatic rings. The lowest BCUT2D eigenvalue weighted by atomic mass is 9.98. The maximum Gasteiger partial charge on any atom is 0.416 e. The van der Waals surface area contributed by atoms with E-state index in [2.05, 4.69) is 10.1 Å². The Morgan fingerprint density at radius 2 is 2.00 bits per heavy atom. The van der Waals surface area contributed by atoms with Crippen molar-refractivity contribution in [2.45, 2.75) is 31.9 Å². The van der Waals surface area contributed by atoms with Crippen LogP contribution in [0.2, 0.25) is 0 Å². The summed E-state index contributed by atoms with van der Waals surface area (Å²) in [6, 6.07) is 6.38. The average Bonchev–Trinajstić information content (AvgIpc) is 3.57. The topological polar surface area (TPSA) is 95.5 Å². The van der Waals surface area contributed by atoms with Gasteiger partial charge in [-0.15, -0.1) is 0 Å². The fourth-order valence-electron chi connectivity index (χ4n) is 5.10. The fourth-order valence-corrected chi connectivity index (χ4v) is 5.10. The number of fused-ring (bicyclic) bond motifs is 4. The molecule has 0 aliphatic carbocycles. The van der Waals surface area contributed by atoms with Crippen LogP contribution in [0.3, 0.4) is 0 Å². The maximum absolute atomic E-state index is 15.4. The zero-order chi connectivity index (χ0) is 26.9. The van der Waals surface area contributed by atoms with Crippen LogP contribution >= 0.6 is 0 Å². The lowest BCUT2D eigenvalue weighted by Crippen LogP contribution is -2.37. The van der Waals surface area contributed by atoms with E-state index < -0.39 is 29.5 Å². The van der Waals surface area contributed by atoms with E-state index >= 15 is 4.39 Å². The molecule has 8 nitrogen and oxygen atoms in total. The van der Waals surface area contributed by atoms with Crippen LogP contribution in [-0.2, 0) is 24.6 Å². The van der Waals surface area contributed by atoms with Crippen LogP contribution in [0.25, 0.3) is 10.9 Å². The second kappa shape index (κ2) is 8.42. The number of ether oxygens (including phenoxy) is 2. The van der Waals surface area contributed by atoms with Gasteiger partial charge in [0.25, 0.3) is 5.91 Å². The number of rotatable bonds is 3. The molecule has 38 heavy (non-hydrogen) atoms. The van der Waals surface area contributed by atoms with Crippen LogP contribution in [0.15, 0.2) is 42.6 Å². The third kappa shape index (κ3) is 3.74. The number of nitrogen functional groups attached to an aromatic ring is 1. The van der Waals surface area contributed by atoms with Gasteiger partial charge in [-0.2, -0.15) is 18.3 Å². The van der Waals surface area contributed by atoms with Crippen molar-refractivity contribution in [3.8, 4) is 5.75 Å². The molecule has 2 aromatic heterocycles. The molecule has 196 valence electrons. The molecule has 2 atom stereocenters. The molecule has 2 aliphatic rings. The number of benzene rings is 2. The lowest BCUT2D eigenvalue weighted by Gasteiger charge is -2.27. The summed E-state index contributed by atoms with van der Waals surface area (Å²) in [5.41, 5.74) is 7.03. The van der Waals surface area contributed by atoms with Crippen LogP contribution in [0.1, 0.15) is 51.7 Å². The molecule has 4 heterocycles. The summed E-state index contributed by atoms with van der Waals surface area (Å²) in [5.74, 6) is -1.13. The number of nitrogens with two attached hydrogens (primary N) is 1. The van der Waals surface area contributed by atoms with Crippen molar-refractivity contribution in [1.29, 1.82) is 0 Å². The first-order valence-corrected chi connectivity index (χ1v) is 11.7. The summed E-state index contributed by atoms with van der Waals surface area (Å²) < 4.78 is 67.9. The largest absolute Gasteiger partial charge is 0.491 e. The van der Waals surface area contributed by atoms with Crippen LogP contribution < -0.4 is 15.4 Å². The molecule has 1 amide bonds. The Morgan fingerprint density at radius 3 is 2.71 bits per heavy atom. The van der Waals surface area contributed by atoms with Crippen LogP contribution in [0, 0.1) is 5.82 Å². The Hall–Kier alpha value is -4.19. The molecule has 6 rings (SSSR count). The number of aryl methyl sites for hydroxylation is 1. The number of hydrogen-bond acceptors (Lipinski definition) is 6. The zero-order valence-corrected chi connectivity index (χ0v) is 20.2. The highest BCUT2D eigenvalue weighted by atomic mass is 19.4. The Balaban J connectivity index is 1.48. The van der Waals surface area contributed by atoms with E-state index in [0.717, 1.165) is 23.8 Å². The minimum Gasteiger partial charge on any atom is -0.491 e. The molecule has 0 saturated heterocycles. The summed E-state index contributed by atoms with van der Waals surface area (Å²) in [5, 5.41) is 4.85. The molecular formula is C26H21F4N5O3. The monoisotopic (exact) mass is 527 g/mol. The number of carbonyl (C=O) groups is 1. The van der Waals surface area contributed by atoms with Gasteiger partial charge in [0.05, 0.1) is 29.4 Å². The van der Waals surface area contributed by atoms with Crippen LogP contribution in [0.5, 0.6) is 5.75 Å². The highest BCUT2D eigenvalue weighted by Gasteiger charge is 2.39. The van der Waals surface area contributed by atoms with Gasteiger partial charge in [0.2, 0.25) is 0 Å². The van der Waals surface area contributed by atoms with Gasteiger partial charge in [0, 0.05) is 41.9 Å². The first-order chi connectivity index (χ1) is 18.0. The van der Waals surface area contributed by atoms with E-state index in [1.54, 1.807) is 19.3 Å². The second-order valence-electron chi connectivity index (χ2n) is 9.29. The number of alkyl halides is 3. The molecule has 1 unspecified atom stereocenters. The molecule has 2 aliphatic heterocycles. The summed E-state index contributed by atoms with van der Waals surface area (Å²) >= 11 is 0. The number of halogens is 4. The van der Waals surface area contributed by atoms with E-state index in [9.17, 15) is 18.0 Å². The van der Waals surface area contributed by atoms with Gasteiger partial charge in [-0.25, -0.2) is 9.37 Å². The van der Waals surface area contributed by atoms with Crippen molar-refractivity contribution in [2.24, 2.45) is 7.05 Å². The second-order valence-corrected chi connectivity index (χ2v) is 9.29. The van der Waals surface area contributed by atoms with E-state index in [0.29, 0.717) is 16.5 Å². The molecule has 0 fully saturated rings. The molecule has 0 radical (unpaired) electrons. The molecular weight excluding hydrogens is 506 g/mol. The Kier molecular flexibility index (Phi) is 5.35. The van der Waals surface area contributed by atoms with E-state index in [1.165, 1.54) is 21.7 Å². The highest BCUT2D eigenvalue weighted by molar-refractivity contribution is 6.08. The number of anilines is 2. The third-order valence-corrected chi connectivity index (χ3v) is 6.94. The number of pyridine rings is 1. The predicted molar refractivity (Wildman–Crippen MR) is 129 cm³/mol. The van der Waals surface area contributed by atoms with Crippen molar-refractivity contribution in [3.05, 3.63) is 76.2 Å². The SMILES string of the molecule is C[C@H]1OCc2c1c(N)nc1cc(F)c(C(=O)N(c3ccn(C)n3)C3COc4cc(C(F)(F)F)ccc43)cc21. The third-order valence-electron chi connectivity index (χ3n) is 6.94. The molecule has 0 spiro atoms. The molecule has 2 N–H and O–H groups in total. The van der Waals surface area contributed by atoms with E-state index in [4.69, 9.17) is 15.2 Å². The lowest BCUT2D eigenvalue weighted by molar-refractivity contribution is -0.137. The van der Waals surface area contributed by atoms with Gasteiger partial charge in [-0.3, -0.25) is 14.4 Å². The predicted octanol–water partition coefficient (Wildman–Crippen LogP) is 5.08. The van der Waals surface area contributed by atoms with Crippen molar-refractivity contribution < 1.29 is 31.8 Å². The van der Waals surface area contributed by atoms with Crippen LogP contribution in [0.4, 0.5) is 29.2 Å². The standard InChI is InChI=1S/C26H21F4N5O3/c1-12-23-17(10-37-12)15-8-16(18(27)9-19(15)32-24(23)31)25(36)35(22-5-6-34(2)33-22)20-11-38-21-7-13(26(28,29)30)3-4-14(20)21/h3-9,12,20H,10-11H2,1-2H3,(H2,31,32)/t12-,20?/m1/s1. The Morgan fingerprint density at radius 1 is 1.21 bits per heavy atom. The average molecular weight is 527 g/mol. The smallest absolute Gasteiger partial charge is 0.416 e. The quantitative estimate of drug-likeness (QED) is 0.374. The van der Waals surface area contributed by atoms with Crippen molar-refractivity contribution in [1.82, 2.24) is 14.8 Å². The summed E-state index contributed by atoms with van der Waals surface area (Å²) in [4.78, 5) is 19.5. The molecule has 0 bridgehead atoms. The Labute approximate surface area is 213 Å². The van der Waals surface area contributed by atoms with E-state index in [-0.39, 0.29) is 47.8 Å². The minimum absolute atomic E-state index is 0.00108. The van der Waals surface area contributed by atoms with Crippen molar-refractivity contribution >= 4 is 28.4 Å². The highest BCUT2D eigenvalue weighted by Crippen LogP contribution is 2.43. The first-order valence-electron chi connectivity index (χ1n) is 11.7. The normalized spacial score (nSPS) is 18.4. The first kappa shape index (κ1) is 24.2.